The van der Waals surface area contributed by atoms with Crippen LogP contribution >= 0.6 is 0 Å². The first-order valence-electron chi connectivity index (χ1n) is 7.42. The van der Waals surface area contributed by atoms with Gasteiger partial charge < -0.3 is 14.9 Å². The Balaban J connectivity index is 1.79. The molecule has 0 aliphatic carbocycles. The molecular weight excluding hydrogens is 286 g/mol. The number of carbonyl (C=O) groups excluding carboxylic acids is 1. The van der Waals surface area contributed by atoms with Crippen LogP contribution in [0.1, 0.15) is 29.6 Å². The SMILES string of the molecule is CN1C2CCC1C(C(=O)O)C(OC(=O)c1cccc(O)c1)C2. The summed E-state index contributed by atoms with van der Waals surface area (Å²) in [7, 11) is 1.94. The molecule has 2 aliphatic rings. The number of hydrogen-bond acceptors (Lipinski definition) is 5. The first-order chi connectivity index (χ1) is 10.5. The zero-order chi connectivity index (χ0) is 15.9. The molecule has 0 aromatic heterocycles. The van der Waals surface area contributed by atoms with Crippen molar-refractivity contribution in [1.82, 2.24) is 4.90 Å². The first kappa shape index (κ1) is 14.8. The molecule has 4 unspecified atom stereocenters. The Morgan fingerprint density at radius 1 is 1.32 bits per heavy atom. The number of carbonyl (C=O) groups is 2. The van der Waals surface area contributed by atoms with E-state index in [1.54, 1.807) is 12.1 Å². The topological polar surface area (TPSA) is 87.1 Å². The van der Waals surface area contributed by atoms with Crippen LogP contribution in [-0.4, -0.2) is 52.3 Å². The number of aromatic hydroxyl groups is 1. The molecule has 2 saturated heterocycles. The second-order valence-corrected chi connectivity index (χ2v) is 6.06. The lowest BCUT2D eigenvalue weighted by molar-refractivity contribution is -0.152. The van der Waals surface area contributed by atoms with Gasteiger partial charge in [0.2, 0.25) is 0 Å². The van der Waals surface area contributed by atoms with Gasteiger partial charge in [-0.25, -0.2) is 4.79 Å². The van der Waals surface area contributed by atoms with Crippen molar-refractivity contribution in [3.05, 3.63) is 29.8 Å². The Morgan fingerprint density at radius 3 is 2.77 bits per heavy atom. The fourth-order valence-corrected chi connectivity index (χ4v) is 3.70. The van der Waals surface area contributed by atoms with Gasteiger partial charge in [0.25, 0.3) is 0 Å². The van der Waals surface area contributed by atoms with Crippen LogP contribution in [0, 0.1) is 5.92 Å². The third kappa shape index (κ3) is 2.54. The van der Waals surface area contributed by atoms with Gasteiger partial charge in [-0.1, -0.05) is 6.07 Å². The largest absolute Gasteiger partial charge is 0.508 e. The number of hydrogen-bond donors (Lipinski definition) is 2. The highest BCUT2D eigenvalue weighted by Gasteiger charge is 2.50. The van der Waals surface area contributed by atoms with Gasteiger partial charge in [0.15, 0.2) is 0 Å². The Kier molecular flexibility index (Phi) is 3.78. The molecule has 22 heavy (non-hydrogen) atoms. The maximum atomic E-state index is 12.2. The number of carboxylic acid groups (broad SMARTS) is 1. The predicted molar refractivity (Wildman–Crippen MR) is 77.6 cm³/mol. The van der Waals surface area contributed by atoms with E-state index in [1.807, 2.05) is 7.05 Å². The minimum atomic E-state index is -0.925. The van der Waals surface area contributed by atoms with Crippen molar-refractivity contribution in [2.24, 2.45) is 5.92 Å². The van der Waals surface area contributed by atoms with Gasteiger partial charge in [-0.3, -0.25) is 9.69 Å². The number of phenolic OH excluding ortho intramolecular Hbond substituents is 1. The number of phenols is 1. The van der Waals surface area contributed by atoms with E-state index in [0.717, 1.165) is 12.8 Å². The molecule has 0 saturated carbocycles. The maximum absolute atomic E-state index is 12.2. The number of esters is 1. The highest BCUT2D eigenvalue weighted by atomic mass is 16.5. The average Bonchev–Trinajstić information content (AvgIpc) is 2.71. The molecule has 118 valence electrons. The van der Waals surface area contributed by atoms with Crippen LogP contribution in [0.5, 0.6) is 5.75 Å². The number of rotatable bonds is 3. The van der Waals surface area contributed by atoms with Crippen LogP contribution in [0.2, 0.25) is 0 Å². The minimum absolute atomic E-state index is 0.0207. The number of piperidine rings is 1. The lowest BCUT2D eigenvalue weighted by atomic mass is 9.87. The van der Waals surface area contributed by atoms with Gasteiger partial charge in [-0.15, -0.1) is 0 Å². The van der Waals surface area contributed by atoms with E-state index in [4.69, 9.17) is 4.74 Å². The molecule has 2 bridgehead atoms. The van der Waals surface area contributed by atoms with Crippen LogP contribution in [0.25, 0.3) is 0 Å². The summed E-state index contributed by atoms with van der Waals surface area (Å²) in [6.07, 6.45) is 1.67. The van der Waals surface area contributed by atoms with Crippen molar-refractivity contribution in [3.8, 4) is 5.75 Å². The Morgan fingerprint density at radius 2 is 2.09 bits per heavy atom. The predicted octanol–water partition coefficient (Wildman–Crippen LogP) is 1.48. The van der Waals surface area contributed by atoms with Gasteiger partial charge in [0.1, 0.15) is 17.8 Å². The van der Waals surface area contributed by atoms with E-state index in [2.05, 4.69) is 4.90 Å². The Labute approximate surface area is 128 Å². The van der Waals surface area contributed by atoms with Crippen molar-refractivity contribution >= 4 is 11.9 Å². The molecule has 4 atom stereocenters. The van der Waals surface area contributed by atoms with E-state index >= 15 is 0 Å². The summed E-state index contributed by atoms with van der Waals surface area (Å²) in [5.41, 5.74) is 0.232. The molecular formula is C16H19NO5. The molecule has 1 aromatic rings. The molecule has 0 radical (unpaired) electrons. The zero-order valence-corrected chi connectivity index (χ0v) is 12.3. The minimum Gasteiger partial charge on any atom is -0.508 e. The van der Waals surface area contributed by atoms with Gasteiger partial charge in [-0.2, -0.15) is 0 Å². The molecule has 2 N–H and O–H groups in total. The van der Waals surface area contributed by atoms with Crippen LogP contribution in [0.4, 0.5) is 0 Å². The molecule has 6 nitrogen and oxygen atoms in total. The molecule has 6 heteroatoms. The molecule has 2 fully saturated rings. The number of nitrogens with zero attached hydrogens (tertiary/aromatic N) is 1. The number of ether oxygens (including phenoxy) is 1. The third-order valence-corrected chi connectivity index (χ3v) is 4.84. The van der Waals surface area contributed by atoms with Crippen LogP contribution in [0.3, 0.4) is 0 Å². The van der Waals surface area contributed by atoms with Gasteiger partial charge in [0, 0.05) is 18.5 Å². The molecule has 2 heterocycles. The van der Waals surface area contributed by atoms with Crippen molar-refractivity contribution in [3.63, 3.8) is 0 Å². The highest BCUT2D eigenvalue weighted by molar-refractivity contribution is 5.90. The summed E-state index contributed by atoms with van der Waals surface area (Å²) >= 11 is 0. The fraction of sp³-hybridized carbons (Fsp3) is 0.500. The van der Waals surface area contributed by atoms with Crippen LogP contribution in [0.15, 0.2) is 24.3 Å². The van der Waals surface area contributed by atoms with Crippen molar-refractivity contribution in [2.75, 3.05) is 7.05 Å². The fourth-order valence-electron chi connectivity index (χ4n) is 3.70. The van der Waals surface area contributed by atoms with Crippen molar-refractivity contribution in [2.45, 2.75) is 37.5 Å². The summed E-state index contributed by atoms with van der Waals surface area (Å²) in [5, 5.41) is 18.9. The van der Waals surface area contributed by atoms with Gasteiger partial charge in [-0.05, 0) is 38.1 Å². The summed E-state index contributed by atoms with van der Waals surface area (Å²) in [4.78, 5) is 25.9. The van der Waals surface area contributed by atoms with E-state index in [9.17, 15) is 19.8 Å². The number of fused-ring (bicyclic) bond motifs is 2. The number of benzene rings is 1. The molecule has 3 rings (SSSR count). The smallest absolute Gasteiger partial charge is 0.338 e. The van der Waals surface area contributed by atoms with Crippen LogP contribution in [-0.2, 0) is 9.53 Å². The maximum Gasteiger partial charge on any atom is 0.338 e. The van der Waals surface area contributed by atoms with Gasteiger partial charge >= 0.3 is 11.9 Å². The van der Waals surface area contributed by atoms with E-state index in [-0.39, 0.29) is 23.4 Å². The monoisotopic (exact) mass is 305 g/mol. The van der Waals surface area contributed by atoms with Gasteiger partial charge in [0.05, 0.1) is 5.56 Å². The van der Waals surface area contributed by atoms with Crippen molar-refractivity contribution < 1.29 is 24.5 Å². The normalized spacial score (nSPS) is 31.0. The quantitative estimate of drug-likeness (QED) is 0.823. The number of carboxylic acids is 1. The second-order valence-electron chi connectivity index (χ2n) is 6.06. The second kappa shape index (κ2) is 5.61. The van der Waals surface area contributed by atoms with E-state index < -0.39 is 24.0 Å². The average molecular weight is 305 g/mol. The van der Waals surface area contributed by atoms with E-state index in [0.29, 0.717) is 6.42 Å². The highest BCUT2D eigenvalue weighted by Crippen LogP contribution is 2.39. The molecule has 1 aromatic carbocycles. The summed E-state index contributed by atoms with van der Waals surface area (Å²) in [6.45, 7) is 0. The zero-order valence-electron chi connectivity index (χ0n) is 12.3. The number of aliphatic carboxylic acids is 1. The summed E-state index contributed by atoms with van der Waals surface area (Å²) in [6, 6.07) is 6.06. The standard InChI is InChI=1S/C16H19NO5/c1-17-10-5-6-12(17)14(15(19)20)13(8-10)22-16(21)9-3-2-4-11(18)7-9/h2-4,7,10,12-14,18H,5-6,8H2,1H3,(H,19,20). The Hall–Kier alpha value is -2.08. The molecule has 0 amide bonds. The van der Waals surface area contributed by atoms with E-state index in [1.165, 1.54) is 12.1 Å². The first-order valence-corrected chi connectivity index (χ1v) is 7.42. The lowest BCUT2D eigenvalue weighted by Crippen LogP contribution is -2.53. The summed E-state index contributed by atoms with van der Waals surface area (Å²) in [5.74, 6) is -2.24. The third-order valence-electron chi connectivity index (χ3n) is 4.84. The molecule has 2 aliphatic heterocycles. The van der Waals surface area contributed by atoms with Crippen LogP contribution < -0.4 is 0 Å². The van der Waals surface area contributed by atoms with Crippen molar-refractivity contribution in [1.29, 1.82) is 0 Å². The summed E-state index contributed by atoms with van der Waals surface area (Å²) < 4.78 is 5.48. The Bertz CT molecular complexity index is 602. The lowest BCUT2D eigenvalue weighted by Gasteiger charge is -2.40. The molecule has 0 spiro atoms.